The van der Waals surface area contributed by atoms with Crippen LogP contribution in [0.5, 0.6) is 0 Å². The molecule has 5 rings (SSSR count). The van der Waals surface area contributed by atoms with Gasteiger partial charge < -0.3 is 4.74 Å². The van der Waals surface area contributed by atoms with Crippen molar-refractivity contribution in [3.8, 4) is 0 Å². The van der Waals surface area contributed by atoms with E-state index in [1.807, 2.05) is 32.9 Å². The molecule has 3 saturated carbocycles. The van der Waals surface area contributed by atoms with E-state index in [4.69, 9.17) is 8.92 Å². The van der Waals surface area contributed by atoms with Gasteiger partial charge in [-0.05, 0) is 138 Å². The van der Waals surface area contributed by atoms with Crippen LogP contribution in [0.15, 0.2) is 40.8 Å². The van der Waals surface area contributed by atoms with Gasteiger partial charge in [0.2, 0.25) is 0 Å². The summed E-state index contributed by atoms with van der Waals surface area (Å²) in [7, 11) is -3.76. The number of esters is 1. The van der Waals surface area contributed by atoms with Gasteiger partial charge in [-0.15, -0.1) is 0 Å². The highest BCUT2D eigenvalue weighted by molar-refractivity contribution is 7.86. The Balaban J connectivity index is 1.23. The number of hydrogen-bond acceptors (Lipinski definition) is 5. The number of ether oxygens (including phenoxy) is 1. The fourth-order valence-electron chi connectivity index (χ4n) is 10.1. The Kier molecular flexibility index (Phi) is 8.84. The molecule has 0 aliphatic heterocycles. The molecule has 1 aromatic rings. The summed E-state index contributed by atoms with van der Waals surface area (Å²) >= 11 is 0. The fraction of sp³-hybridized carbons (Fsp3) is 0.750. The van der Waals surface area contributed by atoms with Crippen molar-refractivity contribution in [2.75, 3.05) is 0 Å². The summed E-state index contributed by atoms with van der Waals surface area (Å²) in [5.74, 6) is 3.43. The van der Waals surface area contributed by atoms with Crippen LogP contribution in [-0.4, -0.2) is 26.1 Å². The first-order chi connectivity index (χ1) is 19.6. The van der Waals surface area contributed by atoms with Crippen molar-refractivity contribution < 1.29 is 22.1 Å². The second-order valence-electron chi connectivity index (χ2n) is 15.4. The van der Waals surface area contributed by atoms with E-state index in [9.17, 15) is 13.2 Å². The predicted molar refractivity (Wildman–Crippen MR) is 167 cm³/mol. The zero-order valence-corrected chi connectivity index (χ0v) is 27.9. The van der Waals surface area contributed by atoms with Gasteiger partial charge in [-0.3, -0.25) is 8.98 Å². The van der Waals surface area contributed by atoms with Crippen molar-refractivity contribution in [2.24, 2.45) is 40.4 Å². The van der Waals surface area contributed by atoms with Gasteiger partial charge >= 0.3 is 5.97 Å². The third-order valence-electron chi connectivity index (χ3n) is 12.2. The van der Waals surface area contributed by atoms with E-state index in [0.717, 1.165) is 61.8 Å². The monoisotopic (exact) mass is 598 g/mol. The van der Waals surface area contributed by atoms with Crippen LogP contribution in [0.2, 0.25) is 0 Å². The molecule has 1 aromatic carbocycles. The Labute approximate surface area is 255 Å². The molecule has 0 aromatic heterocycles. The second kappa shape index (κ2) is 11.7. The van der Waals surface area contributed by atoms with E-state index in [1.54, 1.807) is 12.1 Å². The Morgan fingerprint density at radius 1 is 1.05 bits per heavy atom. The van der Waals surface area contributed by atoms with Crippen LogP contribution in [0.1, 0.15) is 118 Å². The molecule has 0 spiro atoms. The Bertz CT molecular complexity index is 1280. The number of rotatable bonds is 9. The Morgan fingerprint density at radius 2 is 1.76 bits per heavy atom. The summed E-state index contributed by atoms with van der Waals surface area (Å²) in [6.45, 7) is 15.1. The lowest BCUT2D eigenvalue weighted by molar-refractivity contribution is -0.154. The molecule has 4 aliphatic carbocycles. The molecule has 0 amide bonds. The number of carbonyl (C=O) groups is 1. The third-order valence-corrected chi connectivity index (χ3v) is 13.6. The summed E-state index contributed by atoms with van der Waals surface area (Å²) in [6.07, 6.45) is 14.3. The maximum atomic E-state index is 13.0. The second-order valence-corrected chi connectivity index (χ2v) is 17.0. The highest BCUT2D eigenvalue weighted by Gasteiger charge is 2.59. The molecule has 8 atom stereocenters. The summed E-state index contributed by atoms with van der Waals surface area (Å²) in [4.78, 5) is 11.7. The molecule has 0 bridgehead atoms. The van der Waals surface area contributed by atoms with Gasteiger partial charge in [0.25, 0.3) is 10.1 Å². The minimum absolute atomic E-state index is 0.156. The van der Waals surface area contributed by atoms with Gasteiger partial charge in [-0.2, -0.15) is 8.42 Å². The first kappa shape index (κ1) is 31.8. The Hall–Kier alpha value is -1.66. The van der Waals surface area contributed by atoms with Crippen molar-refractivity contribution in [1.29, 1.82) is 0 Å². The quantitative estimate of drug-likeness (QED) is 0.161. The zero-order valence-electron chi connectivity index (χ0n) is 27.1. The van der Waals surface area contributed by atoms with Gasteiger partial charge in [0, 0.05) is 6.92 Å². The van der Waals surface area contributed by atoms with Gasteiger partial charge in [0.1, 0.15) is 5.60 Å². The largest absolute Gasteiger partial charge is 0.460 e. The minimum Gasteiger partial charge on any atom is -0.460 e. The van der Waals surface area contributed by atoms with Crippen LogP contribution in [0.4, 0.5) is 0 Å². The maximum absolute atomic E-state index is 13.0. The first-order valence-corrected chi connectivity index (χ1v) is 17.9. The van der Waals surface area contributed by atoms with Gasteiger partial charge in [-0.1, -0.05) is 56.5 Å². The average molecular weight is 599 g/mol. The molecule has 0 radical (unpaired) electrons. The Morgan fingerprint density at radius 3 is 2.45 bits per heavy atom. The van der Waals surface area contributed by atoms with Crippen LogP contribution in [0.3, 0.4) is 0 Å². The van der Waals surface area contributed by atoms with E-state index in [-0.39, 0.29) is 28.0 Å². The summed E-state index contributed by atoms with van der Waals surface area (Å²) < 4.78 is 37.4. The SMILES string of the molecule is CC(=O)OC(C)(C)CCC[C@@H](C)[C@H]1CC[C@H]2[C@@H]3CC=C4C[C@@H](OS(=O)(=O)c5ccc(C)cc5)CC[C@]4(C)[C@H]3CC[C@]12C. The lowest BCUT2D eigenvalue weighted by atomic mass is 9.47. The fourth-order valence-corrected chi connectivity index (χ4v) is 11.2. The van der Waals surface area contributed by atoms with E-state index < -0.39 is 10.1 Å². The topological polar surface area (TPSA) is 69.7 Å². The van der Waals surface area contributed by atoms with Crippen LogP contribution >= 0.6 is 0 Å². The number of hydrogen-bond donors (Lipinski definition) is 0. The van der Waals surface area contributed by atoms with Crippen molar-refractivity contribution in [3.63, 3.8) is 0 Å². The molecule has 234 valence electrons. The summed E-state index contributed by atoms with van der Waals surface area (Å²) in [6, 6.07) is 6.96. The highest BCUT2D eigenvalue weighted by atomic mass is 32.2. The van der Waals surface area contributed by atoms with Crippen molar-refractivity contribution in [2.45, 2.75) is 136 Å². The molecule has 3 fully saturated rings. The van der Waals surface area contributed by atoms with Gasteiger partial charge in [0.05, 0.1) is 11.0 Å². The number of allylic oxidation sites excluding steroid dienone is 1. The zero-order chi connectivity index (χ0) is 30.5. The lowest BCUT2D eigenvalue weighted by Gasteiger charge is -2.58. The normalized spacial score (nSPS) is 35.4. The average Bonchev–Trinajstić information content (AvgIpc) is 3.25. The molecule has 0 N–H and O–H groups in total. The van der Waals surface area contributed by atoms with E-state index in [1.165, 1.54) is 44.6 Å². The van der Waals surface area contributed by atoms with E-state index >= 15 is 0 Å². The van der Waals surface area contributed by atoms with Crippen LogP contribution in [-0.2, 0) is 23.8 Å². The summed E-state index contributed by atoms with van der Waals surface area (Å²) in [5.41, 5.74) is 2.65. The minimum atomic E-state index is -3.76. The number of aryl methyl sites for hydroxylation is 1. The molecule has 6 heteroatoms. The molecule has 0 unspecified atom stereocenters. The van der Waals surface area contributed by atoms with Crippen LogP contribution in [0, 0.1) is 47.3 Å². The third kappa shape index (κ3) is 6.14. The molecule has 0 saturated heterocycles. The summed E-state index contributed by atoms with van der Waals surface area (Å²) in [5, 5.41) is 0. The first-order valence-electron chi connectivity index (χ1n) is 16.5. The highest BCUT2D eigenvalue weighted by Crippen LogP contribution is 2.67. The van der Waals surface area contributed by atoms with Crippen molar-refractivity contribution >= 4 is 16.1 Å². The number of carbonyl (C=O) groups excluding carboxylic acids is 1. The van der Waals surface area contributed by atoms with Crippen LogP contribution in [0.25, 0.3) is 0 Å². The molecule has 0 heterocycles. The molecular weight excluding hydrogens is 544 g/mol. The molecular formula is C36H54O5S. The lowest BCUT2D eigenvalue weighted by Crippen LogP contribution is -2.51. The molecule has 42 heavy (non-hydrogen) atoms. The standard InChI is InChI=1S/C36H54O5S/c1-24-10-13-29(14-11-24)42(38,39)41-28-18-21-35(6)27(23-28)12-15-30-32-17-16-31(36(32,7)22-19-33(30)35)25(2)9-8-20-34(4,5)40-26(3)37/h10-14,25,28,30-33H,8-9,15-23H2,1-7H3/t25-,28+,30+,31-,32+,33+,35+,36-/m1/s1. The van der Waals surface area contributed by atoms with Gasteiger partial charge in [-0.25, -0.2) is 0 Å². The van der Waals surface area contributed by atoms with E-state index in [2.05, 4.69) is 26.8 Å². The predicted octanol–water partition coefficient (Wildman–Crippen LogP) is 8.80. The van der Waals surface area contributed by atoms with Crippen molar-refractivity contribution in [1.82, 2.24) is 0 Å². The van der Waals surface area contributed by atoms with E-state index in [0.29, 0.717) is 17.3 Å². The molecule has 5 nitrogen and oxygen atoms in total. The molecule has 4 aliphatic rings. The smallest absolute Gasteiger partial charge is 0.303 e. The number of benzene rings is 1. The van der Waals surface area contributed by atoms with Crippen molar-refractivity contribution in [3.05, 3.63) is 41.5 Å². The van der Waals surface area contributed by atoms with Gasteiger partial charge in [0.15, 0.2) is 0 Å². The maximum Gasteiger partial charge on any atom is 0.303 e. The van der Waals surface area contributed by atoms with Crippen LogP contribution < -0.4 is 0 Å². The number of fused-ring (bicyclic) bond motifs is 5.